The molecule has 2 atom stereocenters. The van der Waals surface area contributed by atoms with Crippen molar-refractivity contribution in [3.05, 3.63) is 44.4 Å². The highest BCUT2D eigenvalue weighted by Gasteiger charge is 2.22. The normalized spacial score (nSPS) is 14.5. The number of nitrogens with one attached hydrogen (secondary N) is 2. The van der Waals surface area contributed by atoms with Crippen molar-refractivity contribution in [1.82, 2.24) is 10.3 Å². The van der Waals surface area contributed by atoms with Crippen molar-refractivity contribution in [3.8, 4) is 0 Å². The van der Waals surface area contributed by atoms with Gasteiger partial charge in [-0.3, -0.25) is 9.59 Å². The van der Waals surface area contributed by atoms with E-state index in [0.29, 0.717) is 37.2 Å². The number of aromatic amines is 2. The molecular weight excluding hydrogens is 424 g/mol. The molecule has 0 saturated heterocycles. The fourth-order valence-electron chi connectivity index (χ4n) is 4.45. The number of aliphatic hydroxyl groups excluding tert-OH is 2. The Balaban J connectivity index is 1.54. The number of H-pyrrole nitrogens is 2. The summed E-state index contributed by atoms with van der Waals surface area (Å²) < 4.78 is 10.3. The van der Waals surface area contributed by atoms with E-state index in [0.717, 1.165) is 44.9 Å². The molecule has 2 heterocycles. The molecule has 0 fully saturated rings. The molecule has 2 unspecified atom stereocenters. The van der Waals surface area contributed by atoms with E-state index in [4.69, 9.17) is 9.05 Å². The Bertz CT molecular complexity index is 845. The third kappa shape index (κ3) is 11.1. The summed E-state index contributed by atoms with van der Waals surface area (Å²) >= 11 is 0. The Morgan fingerprint density at radius 3 is 1.42 bits per heavy atom. The lowest BCUT2D eigenvalue weighted by Crippen LogP contribution is -2.17. The zero-order valence-electron chi connectivity index (χ0n) is 20.6. The second kappa shape index (κ2) is 12.4. The van der Waals surface area contributed by atoms with Crippen molar-refractivity contribution in [3.63, 3.8) is 0 Å². The SMILES string of the molecule is CC(C)(CCCC(O)CCCC(O)CCCC(C)(C)Cc1cc(=O)[nH]o1)Cc1cc(=O)[nH]o1. The van der Waals surface area contributed by atoms with Gasteiger partial charge in [-0.15, -0.1) is 0 Å². The third-order valence-corrected chi connectivity index (χ3v) is 6.31. The van der Waals surface area contributed by atoms with Crippen LogP contribution in [0.4, 0.5) is 0 Å². The highest BCUT2D eigenvalue weighted by atomic mass is 16.5. The van der Waals surface area contributed by atoms with E-state index in [2.05, 4.69) is 38.0 Å². The zero-order chi connectivity index (χ0) is 24.5. The minimum absolute atomic E-state index is 0.00566. The first kappa shape index (κ1) is 27.2. The van der Waals surface area contributed by atoms with Gasteiger partial charge in [-0.05, 0) is 55.8 Å². The maximum atomic E-state index is 11.2. The van der Waals surface area contributed by atoms with E-state index in [1.807, 2.05) is 0 Å². The van der Waals surface area contributed by atoms with Crippen molar-refractivity contribution in [2.24, 2.45) is 10.8 Å². The van der Waals surface area contributed by atoms with E-state index in [9.17, 15) is 19.8 Å². The van der Waals surface area contributed by atoms with Gasteiger partial charge in [0, 0.05) is 25.0 Å². The molecular formula is C25H42N2O6. The highest BCUT2D eigenvalue weighted by molar-refractivity contribution is 4.98. The van der Waals surface area contributed by atoms with Crippen LogP contribution in [0.3, 0.4) is 0 Å². The Morgan fingerprint density at radius 2 is 1.09 bits per heavy atom. The molecule has 0 aliphatic carbocycles. The molecule has 33 heavy (non-hydrogen) atoms. The summed E-state index contributed by atoms with van der Waals surface area (Å²) in [6.07, 6.45) is 8.01. The van der Waals surface area contributed by atoms with Crippen LogP contribution in [-0.4, -0.2) is 32.7 Å². The molecule has 0 aromatic carbocycles. The van der Waals surface area contributed by atoms with E-state index >= 15 is 0 Å². The fraction of sp³-hybridized carbons (Fsp3) is 0.760. The number of hydrogen-bond donors (Lipinski definition) is 4. The molecule has 188 valence electrons. The predicted octanol–water partition coefficient (Wildman–Crippen LogP) is 4.32. The quantitative estimate of drug-likeness (QED) is 0.291. The Labute approximate surface area is 195 Å². The van der Waals surface area contributed by atoms with Crippen molar-refractivity contribution in [1.29, 1.82) is 0 Å². The van der Waals surface area contributed by atoms with Crippen molar-refractivity contribution < 1.29 is 19.3 Å². The number of rotatable bonds is 16. The predicted molar refractivity (Wildman–Crippen MR) is 127 cm³/mol. The molecule has 0 amide bonds. The van der Waals surface area contributed by atoms with Crippen molar-refractivity contribution in [2.45, 2.75) is 111 Å². The van der Waals surface area contributed by atoms with Crippen molar-refractivity contribution >= 4 is 0 Å². The van der Waals surface area contributed by atoms with E-state index < -0.39 is 0 Å². The van der Waals surface area contributed by atoms with Gasteiger partial charge in [-0.1, -0.05) is 40.5 Å². The minimum atomic E-state index is -0.354. The Kier molecular flexibility index (Phi) is 10.2. The molecule has 0 saturated carbocycles. The minimum Gasteiger partial charge on any atom is -0.393 e. The van der Waals surface area contributed by atoms with Crippen LogP contribution < -0.4 is 11.1 Å². The summed E-state index contributed by atoms with van der Waals surface area (Å²) in [6, 6.07) is 2.98. The molecule has 2 rings (SSSR count). The molecule has 0 aliphatic heterocycles. The van der Waals surface area contributed by atoms with Gasteiger partial charge in [0.2, 0.25) is 0 Å². The first-order chi connectivity index (χ1) is 15.4. The molecule has 0 radical (unpaired) electrons. The van der Waals surface area contributed by atoms with E-state index in [-0.39, 0.29) is 34.2 Å². The fourth-order valence-corrected chi connectivity index (χ4v) is 4.45. The lowest BCUT2D eigenvalue weighted by atomic mass is 9.82. The van der Waals surface area contributed by atoms with Crippen LogP contribution in [0.5, 0.6) is 0 Å². The first-order valence-electron chi connectivity index (χ1n) is 12.2. The Morgan fingerprint density at radius 1 is 0.727 bits per heavy atom. The molecule has 2 aromatic rings. The summed E-state index contributed by atoms with van der Waals surface area (Å²) in [5, 5.41) is 25.2. The van der Waals surface area contributed by atoms with Gasteiger partial charge in [0.1, 0.15) is 11.5 Å². The average Bonchev–Trinajstić information content (AvgIpc) is 3.28. The lowest BCUT2D eigenvalue weighted by Gasteiger charge is -2.24. The maximum absolute atomic E-state index is 11.2. The molecule has 0 spiro atoms. The second-order valence-electron chi connectivity index (χ2n) is 11.1. The summed E-state index contributed by atoms with van der Waals surface area (Å²) in [5.74, 6) is 1.33. The topological polar surface area (TPSA) is 132 Å². The number of aliphatic hydroxyl groups is 2. The van der Waals surface area contributed by atoms with Crippen molar-refractivity contribution in [2.75, 3.05) is 0 Å². The monoisotopic (exact) mass is 466 g/mol. The molecule has 2 aromatic heterocycles. The molecule has 0 aliphatic rings. The second-order valence-corrected chi connectivity index (χ2v) is 11.1. The number of hydrogen-bond acceptors (Lipinski definition) is 6. The smallest absolute Gasteiger partial charge is 0.280 e. The summed E-state index contributed by atoms with van der Waals surface area (Å²) in [5.41, 5.74) is -0.440. The largest absolute Gasteiger partial charge is 0.393 e. The highest BCUT2D eigenvalue weighted by Crippen LogP contribution is 2.29. The van der Waals surface area contributed by atoms with Crippen LogP contribution >= 0.6 is 0 Å². The van der Waals surface area contributed by atoms with Gasteiger partial charge in [0.15, 0.2) is 0 Å². The summed E-state index contributed by atoms with van der Waals surface area (Å²) in [4.78, 5) is 22.4. The Hall–Kier alpha value is -2.06. The van der Waals surface area contributed by atoms with Gasteiger partial charge < -0.3 is 19.3 Å². The van der Waals surface area contributed by atoms with Gasteiger partial charge in [0.25, 0.3) is 11.1 Å². The first-order valence-corrected chi connectivity index (χ1v) is 12.2. The van der Waals surface area contributed by atoms with E-state index in [1.165, 1.54) is 12.1 Å². The summed E-state index contributed by atoms with van der Waals surface area (Å²) in [6.45, 7) is 8.55. The molecule has 0 bridgehead atoms. The molecule has 4 N–H and O–H groups in total. The van der Waals surface area contributed by atoms with E-state index in [1.54, 1.807) is 0 Å². The lowest BCUT2D eigenvalue weighted by molar-refractivity contribution is 0.116. The van der Waals surface area contributed by atoms with Gasteiger partial charge in [-0.2, -0.15) is 10.3 Å². The maximum Gasteiger partial charge on any atom is 0.280 e. The van der Waals surface area contributed by atoms with Gasteiger partial charge in [-0.25, -0.2) is 0 Å². The zero-order valence-corrected chi connectivity index (χ0v) is 20.6. The molecule has 8 heteroatoms. The molecule has 8 nitrogen and oxygen atoms in total. The third-order valence-electron chi connectivity index (χ3n) is 6.31. The number of aromatic nitrogens is 2. The standard InChI is InChI=1S/C25H42N2O6/c1-24(2,16-20-14-22(30)26-32-20)12-6-10-18(28)8-5-9-19(29)11-7-13-25(3,4)17-21-15-23(31)27-33-21/h14-15,18-19,28-29H,5-13,16-17H2,1-4H3,(H,26,30)(H,27,31). The average molecular weight is 467 g/mol. The van der Waals surface area contributed by atoms with Crippen LogP contribution in [0.15, 0.2) is 30.8 Å². The van der Waals surface area contributed by atoms with Crippen LogP contribution in [0.1, 0.15) is 97.0 Å². The summed E-state index contributed by atoms with van der Waals surface area (Å²) in [7, 11) is 0. The van der Waals surface area contributed by atoms with Gasteiger partial charge >= 0.3 is 0 Å². The van der Waals surface area contributed by atoms with Crippen LogP contribution in [-0.2, 0) is 12.8 Å². The van der Waals surface area contributed by atoms with Crippen LogP contribution in [0, 0.1) is 10.8 Å². The van der Waals surface area contributed by atoms with Gasteiger partial charge in [0.05, 0.1) is 12.2 Å². The van der Waals surface area contributed by atoms with Crippen LogP contribution in [0.25, 0.3) is 0 Å². The van der Waals surface area contributed by atoms with Crippen LogP contribution in [0.2, 0.25) is 0 Å².